The Morgan fingerprint density at radius 2 is 1.26 bits per heavy atom. The fourth-order valence-electron chi connectivity index (χ4n) is 3.25. The molecule has 0 saturated carbocycles. The molecule has 0 aliphatic carbocycles. The second-order valence-corrected chi connectivity index (χ2v) is 8.13. The monoisotopic (exact) mass is 514 g/mol. The zero-order valence-corrected chi connectivity index (χ0v) is 21.3. The van der Waals surface area contributed by atoms with E-state index in [1.54, 1.807) is 37.3 Å². The first kappa shape index (κ1) is 27.9. The summed E-state index contributed by atoms with van der Waals surface area (Å²) < 4.78 is 21.1. The van der Waals surface area contributed by atoms with Crippen LogP contribution >= 0.6 is 0 Å². The maximum atomic E-state index is 12.2. The Morgan fingerprint density at radius 3 is 1.87 bits per heavy atom. The molecule has 0 aliphatic rings. The lowest BCUT2D eigenvalue weighted by atomic mass is 10.0. The molecule has 3 aromatic rings. The van der Waals surface area contributed by atoms with Gasteiger partial charge in [-0.25, -0.2) is 9.59 Å². The van der Waals surface area contributed by atoms with Crippen molar-refractivity contribution in [2.45, 2.75) is 26.2 Å². The molecular weight excluding hydrogens is 484 g/mol. The maximum absolute atomic E-state index is 12.2. The van der Waals surface area contributed by atoms with Crippen LogP contribution in [0.25, 0.3) is 17.2 Å². The largest absolute Gasteiger partial charge is 0.494 e. The fourth-order valence-corrected chi connectivity index (χ4v) is 3.25. The number of unbranched alkanes of at least 4 members (excludes halogenated alkanes) is 1. The summed E-state index contributed by atoms with van der Waals surface area (Å²) >= 11 is 0. The van der Waals surface area contributed by atoms with E-state index in [1.165, 1.54) is 6.08 Å². The summed E-state index contributed by atoms with van der Waals surface area (Å²) in [5.74, 6) is 0.267. The highest BCUT2D eigenvalue weighted by Crippen LogP contribution is 2.23. The molecular formula is C31H30O7. The molecule has 0 fully saturated rings. The van der Waals surface area contributed by atoms with Crippen molar-refractivity contribution >= 4 is 24.0 Å². The minimum absolute atomic E-state index is 0.282. The first-order valence-electron chi connectivity index (χ1n) is 12.3. The normalized spacial score (nSPS) is 10.6. The van der Waals surface area contributed by atoms with Crippen LogP contribution in [-0.4, -0.2) is 31.1 Å². The van der Waals surface area contributed by atoms with Crippen molar-refractivity contribution in [3.05, 3.63) is 97.1 Å². The van der Waals surface area contributed by atoms with E-state index in [0.29, 0.717) is 24.7 Å². The van der Waals surface area contributed by atoms with E-state index in [1.807, 2.05) is 48.5 Å². The van der Waals surface area contributed by atoms with E-state index in [0.717, 1.165) is 41.4 Å². The van der Waals surface area contributed by atoms with Crippen LogP contribution in [-0.2, 0) is 19.1 Å². The Bertz CT molecular complexity index is 1240. The van der Waals surface area contributed by atoms with Gasteiger partial charge in [-0.1, -0.05) is 49.9 Å². The number of benzene rings is 3. The molecule has 3 aromatic carbocycles. The number of ether oxygens (including phenoxy) is 4. The summed E-state index contributed by atoms with van der Waals surface area (Å²) in [6.45, 7) is 5.96. The van der Waals surface area contributed by atoms with Gasteiger partial charge in [0.25, 0.3) is 0 Å². The van der Waals surface area contributed by atoms with E-state index in [9.17, 15) is 14.4 Å². The third kappa shape index (κ3) is 9.43. The van der Waals surface area contributed by atoms with Crippen molar-refractivity contribution in [2.24, 2.45) is 0 Å². The van der Waals surface area contributed by atoms with Gasteiger partial charge in [0.2, 0.25) is 0 Å². The van der Waals surface area contributed by atoms with Gasteiger partial charge in [0.05, 0.1) is 13.2 Å². The second-order valence-electron chi connectivity index (χ2n) is 8.13. The lowest BCUT2D eigenvalue weighted by molar-refractivity contribution is -0.138. The van der Waals surface area contributed by atoms with E-state index < -0.39 is 11.9 Å². The summed E-state index contributed by atoms with van der Waals surface area (Å²) in [6.07, 6.45) is 5.97. The van der Waals surface area contributed by atoms with Crippen LogP contribution in [0.2, 0.25) is 0 Å². The van der Waals surface area contributed by atoms with Gasteiger partial charge in [0, 0.05) is 18.6 Å². The summed E-state index contributed by atoms with van der Waals surface area (Å²) in [7, 11) is 0. The van der Waals surface area contributed by atoms with Crippen LogP contribution in [0.5, 0.6) is 17.2 Å². The Balaban J connectivity index is 1.44. The average Bonchev–Trinajstić information content (AvgIpc) is 2.95. The maximum Gasteiger partial charge on any atom is 0.336 e. The highest BCUT2D eigenvalue weighted by molar-refractivity contribution is 5.88. The summed E-state index contributed by atoms with van der Waals surface area (Å²) in [4.78, 5) is 34.5. The van der Waals surface area contributed by atoms with Gasteiger partial charge in [0.1, 0.15) is 17.2 Å². The first-order valence-corrected chi connectivity index (χ1v) is 12.3. The predicted octanol–water partition coefficient (Wildman–Crippen LogP) is 6.18. The Labute approximate surface area is 222 Å². The third-order valence-electron chi connectivity index (χ3n) is 5.29. The number of hydrogen-bond acceptors (Lipinski definition) is 7. The third-order valence-corrected chi connectivity index (χ3v) is 5.29. The van der Waals surface area contributed by atoms with Gasteiger partial charge in [-0.05, 0) is 72.0 Å². The molecule has 196 valence electrons. The predicted molar refractivity (Wildman–Crippen MR) is 145 cm³/mol. The van der Waals surface area contributed by atoms with Crippen LogP contribution < -0.4 is 14.2 Å². The second kappa shape index (κ2) is 14.8. The number of rotatable bonds is 13. The first-order chi connectivity index (χ1) is 18.5. The van der Waals surface area contributed by atoms with E-state index >= 15 is 0 Å². The van der Waals surface area contributed by atoms with E-state index in [-0.39, 0.29) is 12.4 Å². The molecule has 0 aromatic heterocycles. The zero-order chi connectivity index (χ0) is 27.2. The molecule has 0 amide bonds. The van der Waals surface area contributed by atoms with Gasteiger partial charge < -0.3 is 18.9 Å². The molecule has 0 spiro atoms. The molecule has 0 N–H and O–H groups in total. The Kier molecular flexibility index (Phi) is 10.9. The fraction of sp³-hybridized carbons (Fsp3) is 0.194. The van der Waals surface area contributed by atoms with Crippen molar-refractivity contribution in [1.29, 1.82) is 0 Å². The molecule has 3 rings (SSSR count). The molecule has 0 atom stereocenters. The highest BCUT2D eigenvalue weighted by atomic mass is 16.5. The van der Waals surface area contributed by atoms with Crippen molar-refractivity contribution in [3.63, 3.8) is 0 Å². The van der Waals surface area contributed by atoms with E-state index in [4.69, 9.17) is 18.9 Å². The zero-order valence-electron chi connectivity index (χ0n) is 21.3. The summed E-state index contributed by atoms with van der Waals surface area (Å²) in [5.41, 5.74) is 2.92. The summed E-state index contributed by atoms with van der Waals surface area (Å²) in [6, 6.07) is 21.9. The standard InChI is InChI=1S/C31H30O7/c1-3-29(32)36-22-6-5-21-35-26-14-12-25(13-15-26)24-10-7-23(8-11-24)9-20-31(34)38-28-18-16-27(17-19-28)37-30(33)4-2/h3,7-20H,1,4-6,21-22H2,2H3/b20-9+. The van der Waals surface area contributed by atoms with Gasteiger partial charge in [-0.15, -0.1) is 0 Å². The Morgan fingerprint density at radius 1 is 0.711 bits per heavy atom. The molecule has 0 saturated heterocycles. The SMILES string of the molecule is C=CC(=O)OCCCCOc1ccc(-c2ccc(/C=C/C(=O)Oc3ccc(OC(=O)CC)cc3)cc2)cc1. The van der Waals surface area contributed by atoms with Crippen LogP contribution in [0.4, 0.5) is 0 Å². The quantitative estimate of drug-likeness (QED) is 0.117. The molecule has 0 bridgehead atoms. The van der Waals surface area contributed by atoms with Crippen molar-refractivity contribution < 1.29 is 33.3 Å². The smallest absolute Gasteiger partial charge is 0.336 e. The summed E-state index contributed by atoms with van der Waals surface area (Å²) in [5, 5.41) is 0. The number of carbonyl (C=O) groups excluding carboxylic acids is 3. The van der Waals surface area contributed by atoms with Crippen molar-refractivity contribution in [2.75, 3.05) is 13.2 Å². The van der Waals surface area contributed by atoms with E-state index in [2.05, 4.69) is 6.58 Å². The van der Waals surface area contributed by atoms with Crippen LogP contribution in [0.15, 0.2) is 91.5 Å². The molecule has 0 heterocycles. The number of hydrogen-bond donors (Lipinski definition) is 0. The average molecular weight is 515 g/mol. The molecule has 7 heteroatoms. The van der Waals surface area contributed by atoms with Gasteiger partial charge in [-0.2, -0.15) is 0 Å². The number of esters is 3. The molecule has 38 heavy (non-hydrogen) atoms. The molecule has 0 radical (unpaired) electrons. The molecule has 0 unspecified atom stereocenters. The lowest BCUT2D eigenvalue weighted by Gasteiger charge is -2.08. The minimum atomic E-state index is -0.513. The minimum Gasteiger partial charge on any atom is -0.494 e. The van der Waals surface area contributed by atoms with Crippen molar-refractivity contribution in [1.82, 2.24) is 0 Å². The van der Waals surface area contributed by atoms with Gasteiger partial charge in [0.15, 0.2) is 0 Å². The van der Waals surface area contributed by atoms with Crippen molar-refractivity contribution in [3.8, 4) is 28.4 Å². The van der Waals surface area contributed by atoms with Crippen LogP contribution in [0.3, 0.4) is 0 Å². The lowest BCUT2D eigenvalue weighted by Crippen LogP contribution is -2.06. The van der Waals surface area contributed by atoms with Gasteiger partial charge >= 0.3 is 17.9 Å². The van der Waals surface area contributed by atoms with Gasteiger partial charge in [-0.3, -0.25) is 4.79 Å². The Hall–Kier alpha value is -4.65. The van der Waals surface area contributed by atoms with Crippen LogP contribution in [0.1, 0.15) is 31.7 Å². The topological polar surface area (TPSA) is 88.1 Å². The highest BCUT2D eigenvalue weighted by Gasteiger charge is 2.05. The number of carbonyl (C=O) groups is 3. The van der Waals surface area contributed by atoms with Crippen LogP contribution in [0, 0.1) is 0 Å². The molecule has 7 nitrogen and oxygen atoms in total. The molecule has 0 aliphatic heterocycles.